The van der Waals surface area contributed by atoms with E-state index in [1.807, 2.05) is 32.9 Å². The van der Waals surface area contributed by atoms with Crippen molar-refractivity contribution in [3.63, 3.8) is 0 Å². The van der Waals surface area contributed by atoms with Gasteiger partial charge in [0.25, 0.3) is 11.7 Å². The van der Waals surface area contributed by atoms with Crippen LogP contribution >= 0.6 is 0 Å². The van der Waals surface area contributed by atoms with Crippen molar-refractivity contribution < 1.29 is 23.8 Å². The third-order valence-corrected chi connectivity index (χ3v) is 6.13. The number of aliphatic hydroxyl groups excluding tert-OH is 1. The van der Waals surface area contributed by atoms with Gasteiger partial charge < -0.3 is 19.2 Å². The minimum atomic E-state index is -0.856. The first kappa shape index (κ1) is 23.3. The van der Waals surface area contributed by atoms with Crippen LogP contribution < -0.4 is 4.74 Å². The van der Waals surface area contributed by atoms with Gasteiger partial charge in [0.05, 0.1) is 12.7 Å². The summed E-state index contributed by atoms with van der Waals surface area (Å²) >= 11 is 0. The van der Waals surface area contributed by atoms with Gasteiger partial charge in [-0.2, -0.15) is 0 Å². The highest BCUT2D eigenvalue weighted by Gasteiger charge is 2.47. The van der Waals surface area contributed by atoms with Gasteiger partial charge in [-0.25, -0.2) is 0 Å². The number of likely N-dealkylation sites (tertiary alicyclic amines) is 1. The average Bonchev–Trinajstić information content (AvgIpc) is 3.35. The number of ether oxygens (including phenoxy) is 1. The van der Waals surface area contributed by atoms with Crippen molar-refractivity contribution in [2.45, 2.75) is 46.2 Å². The number of Topliss-reactive ketones (excluding diaryl/α,β-unsaturated/α-hetero) is 1. The molecule has 34 heavy (non-hydrogen) atoms. The molecule has 1 aromatic carbocycles. The Hall–Kier alpha value is -3.87. The van der Waals surface area contributed by atoms with Gasteiger partial charge in [-0.3, -0.25) is 14.6 Å². The molecule has 1 atom stereocenters. The number of carbonyl (C=O) groups is 2. The molecule has 176 valence electrons. The summed E-state index contributed by atoms with van der Waals surface area (Å²) in [6, 6.07) is 9.89. The third kappa shape index (κ3) is 4.09. The van der Waals surface area contributed by atoms with E-state index in [1.165, 1.54) is 4.90 Å². The lowest BCUT2D eigenvalue weighted by atomic mass is 9.92. The Morgan fingerprint density at radius 3 is 2.44 bits per heavy atom. The number of benzene rings is 1. The van der Waals surface area contributed by atoms with E-state index in [-0.39, 0.29) is 23.8 Å². The Balaban J connectivity index is 1.90. The van der Waals surface area contributed by atoms with E-state index in [0.717, 1.165) is 16.7 Å². The summed E-state index contributed by atoms with van der Waals surface area (Å²) in [5, 5.41) is 11.5. The van der Waals surface area contributed by atoms with Crippen LogP contribution in [-0.2, 0) is 16.1 Å². The summed E-state index contributed by atoms with van der Waals surface area (Å²) < 4.78 is 11.4. The molecule has 0 spiro atoms. The van der Waals surface area contributed by atoms with Crippen LogP contribution in [0, 0.1) is 13.8 Å². The molecule has 1 N–H and O–H groups in total. The highest BCUT2D eigenvalue weighted by Crippen LogP contribution is 2.42. The maximum Gasteiger partial charge on any atom is 0.296 e. The summed E-state index contributed by atoms with van der Waals surface area (Å²) in [4.78, 5) is 31.9. The number of pyridine rings is 1. The van der Waals surface area contributed by atoms with Crippen molar-refractivity contribution in [2.75, 3.05) is 7.11 Å². The fraction of sp³-hybridized carbons (Fsp3) is 0.296. The molecule has 3 aromatic rings. The number of ketones is 1. The molecule has 1 aliphatic rings. The first-order valence-electron chi connectivity index (χ1n) is 11.2. The number of amides is 1. The van der Waals surface area contributed by atoms with Gasteiger partial charge in [0.15, 0.2) is 0 Å². The fourth-order valence-corrected chi connectivity index (χ4v) is 4.35. The lowest BCUT2D eigenvalue weighted by molar-refractivity contribution is -0.140. The quantitative estimate of drug-likeness (QED) is 0.315. The summed E-state index contributed by atoms with van der Waals surface area (Å²) in [5.41, 5.74) is 2.93. The van der Waals surface area contributed by atoms with Gasteiger partial charge in [0.2, 0.25) is 0 Å². The number of hydrogen-bond donors (Lipinski definition) is 1. The molecule has 1 saturated heterocycles. The van der Waals surface area contributed by atoms with E-state index in [1.54, 1.807) is 50.7 Å². The lowest BCUT2D eigenvalue weighted by Crippen LogP contribution is -2.29. The van der Waals surface area contributed by atoms with Gasteiger partial charge >= 0.3 is 0 Å². The molecule has 0 aliphatic carbocycles. The van der Waals surface area contributed by atoms with Crippen LogP contribution in [0.4, 0.5) is 0 Å². The number of aryl methyl sites for hydroxylation is 2. The van der Waals surface area contributed by atoms with Crippen molar-refractivity contribution in [1.82, 2.24) is 9.88 Å². The van der Waals surface area contributed by atoms with Crippen LogP contribution in [-0.4, -0.2) is 33.8 Å². The Kier molecular flexibility index (Phi) is 6.28. The molecule has 0 bridgehead atoms. The maximum absolute atomic E-state index is 13.3. The number of hydrogen-bond acceptors (Lipinski definition) is 6. The van der Waals surface area contributed by atoms with E-state index in [9.17, 15) is 14.7 Å². The van der Waals surface area contributed by atoms with Crippen molar-refractivity contribution >= 4 is 17.4 Å². The topological polar surface area (TPSA) is 92.9 Å². The largest absolute Gasteiger partial charge is 0.507 e. The molecular formula is C27H28N2O5. The Morgan fingerprint density at radius 1 is 1.15 bits per heavy atom. The second-order valence-electron chi connectivity index (χ2n) is 8.79. The predicted molar refractivity (Wildman–Crippen MR) is 127 cm³/mol. The van der Waals surface area contributed by atoms with Crippen LogP contribution in [0.5, 0.6) is 5.75 Å². The average molecular weight is 461 g/mol. The second kappa shape index (κ2) is 9.17. The van der Waals surface area contributed by atoms with E-state index < -0.39 is 17.7 Å². The van der Waals surface area contributed by atoms with Crippen molar-refractivity contribution in [3.05, 3.63) is 88.1 Å². The molecule has 1 aliphatic heterocycles. The molecule has 7 nitrogen and oxygen atoms in total. The number of methoxy groups -OCH3 is 1. The van der Waals surface area contributed by atoms with E-state index in [2.05, 4.69) is 4.98 Å². The first-order chi connectivity index (χ1) is 16.2. The van der Waals surface area contributed by atoms with Gasteiger partial charge in [-0.05, 0) is 72.9 Å². The van der Waals surface area contributed by atoms with Crippen LogP contribution in [0.25, 0.3) is 5.76 Å². The highest BCUT2D eigenvalue weighted by atomic mass is 16.5. The third-order valence-electron chi connectivity index (χ3n) is 6.13. The molecule has 3 heterocycles. The lowest BCUT2D eigenvalue weighted by Gasteiger charge is -2.23. The molecule has 2 aromatic heterocycles. The zero-order chi connectivity index (χ0) is 24.6. The predicted octanol–water partition coefficient (Wildman–Crippen LogP) is 5.05. The van der Waals surface area contributed by atoms with E-state index >= 15 is 0 Å². The van der Waals surface area contributed by atoms with Crippen molar-refractivity contribution in [3.8, 4) is 5.75 Å². The number of aromatic nitrogens is 1. The van der Waals surface area contributed by atoms with Crippen LogP contribution in [0.1, 0.15) is 59.6 Å². The zero-order valence-corrected chi connectivity index (χ0v) is 20.0. The van der Waals surface area contributed by atoms with Gasteiger partial charge in [-0.15, -0.1) is 0 Å². The molecule has 1 amide bonds. The molecular weight excluding hydrogens is 432 g/mol. The van der Waals surface area contributed by atoms with Gasteiger partial charge in [0.1, 0.15) is 29.1 Å². The Morgan fingerprint density at radius 2 is 1.85 bits per heavy atom. The first-order valence-corrected chi connectivity index (χ1v) is 11.2. The van der Waals surface area contributed by atoms with Crippen molar-refractivity contribution in [1.29, 1.82) is 0 Å². The standard InChI is InChI=1S/C27H28N2O5/c1-15(2)19-13-20(16(3)12-22(19)33-5)25(30)23-24(21-7-6-17(4)34-21)29(27(32)26(23)31)14-18-8-10-28-11-9-18/h6-13,15,24,30H,14H2,1-5H3/b25-23+. The number of carbonyl (C=O) groups excluding carboxylic acids is 2. The highest BCUT2D eigenvalue weighted by molar-refractivity contribution is 6.46. The summed E-state index contributed by atoms with van der Waals surface area (Å²) in [5.74, 6) is 0.242. The molecule has 0 saturated carbocycles. The molecule has 7 heteroatoms. The van der Waals surface area contributed by atoms with E-state index in [0.29, 0.717) is 22.8 Å². The van der Waals surface area contributed by atoms with Crippen LogP contribution in [0.15, 0.2) is 58.8 Å². The minimum absolute atomic E-state index is 0.0105. The zero-order valence-electron chi connectivity index (χ0n) is 20.0. The summed E-state index contributed by atoms with van der Waals surface area (Å²) in [7, 11) is 1.60. The fourth-order valence-electron chi connectivity index (χ4n) is 4.35. The summed E-state index contributed by atoms with van der Waals surface area (Å²) in [6.45, 7) is 7.85. The number of rotatable bonds is 6. The Labute approximate surface area is 198 Å². The van der Waals surface area contributed by atoms with Gasteiger partial charge in [0, 0.05) is 24.5 Å². The maximum atomic E-state index is 13.3. The molecule has 4 rings (SSSR count). The molecule has 0 radical (unpaired) electrons. The van der Waals surface area contributed by atoms with Crippen LogP contribution in [0.2, 0.25) is 0 Å². The van der Waals surface area contributed by atoms with E-state index in [4.69, 9.17) is 9.15 Å². The smallest absolute Gasteiger partial charge is 0.296 e. The molecule has 1 unspecified atom stereocenters. The van der Waals surface area contributed by atoms with Crippen LogP contribution in [0.3, 0.4) is 0 Å². The van der Waals surface area contributed by atoms with Crippen molar-refractivity contribution in [2.24, 2.45) is 0 Å². The minimum Gasteiger partial charge on any atom is -0.507 e. The SMILES string of the molecule is COc1cc(C)c(/C(O)=C2\C(=O)C(=O)N(Cc3ccncc3)C2c2ccc(C)o2)cc1C(C)C. The number of aliphatic hydroxyl groups is 1. The summed E-state index contributed by atoms with van der Waals surface area (Å²) in [6.07, 6.45) is 3.26. The van der Waals surface area contributed by atoms with Gasteiger partial charge in [-0.1, -0.05) is 13.8 Å². The monoisotopic (exact) mass is 460 g/mol. The number of nitrogens with zero attached hydrogens (tertiary/aromatic N) is 2. The normalized spacial score (nSPS) is 17.6. The number of furan rings is 1. The Bertz CT molecular complexity index is 1270. The molecule has 1 fully saturated rings. The second-order valence-corrected chi connectivity index (χ2v) is 8.79.